The summed E-state index contributed by atoms with van der Waals surface area (Å²) < 4.78 is 28.3. The lowest BCUT2D eigenvalue weighted by Gasteiger charge is -2.27. The Morgan fingerprint density at radius 1 is 0.786 bits per heavy atom. The molecule has 2 N–H and O–H groups in total. The molecule has 8 heteroatoms. The zero-order chi connectivity index (χ0) is 30.9. The van der Waals surface area contributed by atoms with Crippen molar-refractivity contribution in [2.75, 3.05) is 20.3 Å². The molecule has 0 heterocycles. The minimum atomic E-state index is -0.477. The molecule has 0 aliphatic rings. The molecule has 0 aliphatic heterocycles. The predicted octanol–water partition coefficient (Wildman–Crippen LogP) is 6.56. The predicted molar refractivity (Wildman–Crippen MR) is 164 cm³/mol. The molecule has 42 heavy (non-hydrogen) atoms. The van der Waals surface area contributed by atoms with Gasteiger partial charge in [-0.2, -0.15) is 0 Å². The van der Waals surface area contributed by atoms with E-state index in [9.17, 15) is 9.59 Å². The molecule has 3 aromatic carbocycles. The lowest BCUT2D eigenvalue weighted by atomic mass is 10.0. The number of hydrogen-bond acceptors (Lipinski definition) is 7. The third-order valence-corrected chi connectivity index (χ3v) is 5.95. The summed E-state index contributed by atoms with van der Waals surface area (Å²) in [5.74, 6) is 1.11. The summed E-state index contributed by atoms with van der Waals surface area (Å²) in [6, 6.07) is 17.8. The molecule has 224 valence electrons. The van der Waals surface area contributed by atoms with Crippen molar-refractivity contribution >= 4 is 18.2 Å². The number of ether oxygens (including phenoxy) is 5. The van der Waals surface area contributed by atoms with Gasteiger partial charge in [-0.25, -0.2) is 4.79 Å². The number of carbonyl (C=O) groups excluding carboxylic acids is 2. The summed E-state index contributed by atoms with van der Waals surface area (Å²) >= 11 is 0. The van der Waals surface area contributed by atoms with Gasteiger partial charge in [0.05, 0.1) is 19.3 Å². The van der Waals surface area contributed by atoms with Gasteiger partial charge >= 0.3 is 11.9 Å². The fraction of sp³-hybridized carbons (Fsp3) is 0.382. The second-order valence-electron chi connectivity index (χ2n) is 11.8. The van der Waals surface area contributed by atoms with Crippen LogP contribution in [0.25, 0.3) is 0 Å². The minimum absolute atomic E-state index is 0.155. The van der Waals surface area contributed by atoms with Crippen molar-refractivity contribution < 1.29 is 33.3 Å². The van der Waals surface area contributed by atoms with E-state index in [1.807, 2.05) is 59.7 Å². The average molecular weight is 577 g/mol. The maximum Gasteiger partial charge on any atom is 0.517 e. The molecular weight excluding hydrogens is 534 g/mol. The number of nitrogens with one attached hydrogen (secondary N) is 1. The third kappa shape index (κ3) is 9.94. The average Bonchev–Trinajstić information content (AvgIpc) is 2.92. The van der Waals surface area contributed by atoms with Crippen molar-refractivity contribution in [1.29, 1.82) is 5.41 Å². The van der Waals surface area contributed by atoms with Crippen molar-refractivity contribution in [2.24, 2.45) is 0 Å². The van der Waals surface area contributed by atoms with Gasteiger partial charge in [0, 0.05) is 19.1 Å². The first-order valence-electron chi connectivity index (χ1n) is 13.9. The Morgan fingerprint density at radius 3 is 2.02 bits per heavy atom. The molecular formula is C34H42NO7+. The fourth-order valence-corrected chi connectivity index (χ4v) is 4.04. The van der Waals surface area contributed by atoms with Crippen LogP contribution in [0.2, 0.25) is 0 Å². The van der Waals surface area contributed by atoms with Crippen LogP contribution in [0.5, 0.6) is 17.2 Å². The molecule has 0 aliphatic carbocycles. The molecule has 0 saturated heterocycles. The summed E-state index contributed by atoms with van der Waals surface area (Å²) in [7, 11) is 1.58. The Balaban J connectivity index is 1.56. The van der Waals surface area contributed by atoms with Crippen LogP contribution in [-0.4, -0.2) is 54.5 Å². The molecule has 3 rings (SSSR count). The van der Waals surface area contributed by atoms with Crippen LogP contribution in [0.4, 0.5) is 0 Å². The quantitative estimate of drug-likeness (QED) is 0.149. The van der Waals surface area contributed by atoms with Gasteiger partial charge in [-0.05, 0) is 107 Å². The first-order chi connectivity index (χ1) is 19.8. The number of esters is 2. The Morgan fingerprint density at radius 2 is 1.40 bits per heavy atom. The van der Waals surface area contributed by atoms with Crippen LogP contribution in [0, 0.1) is 5.41 Å². The molecule has 0 spiro atoms. The van der Waals surface area contributed by atoms with Gasteiger partial charge in [0.15, 0.2) is 18.1 Å². The van der Waals surface area contributed by atoms with Gasteiger partial charge in [-0.3, -0.25) is 0 Å². The zero-order valence-electron chi connectivity index (χ0n) is 25.6. The molecule has 0 saturated carbocycles. The lowest BCUT2D eigenvalue weighted by molar-refractivity contribution is 0.0506. The highest BCUT2D eigenvalue weighted by Crippen LogP contribution is 2.34. The molecule has 0 radical (unpaired) electrons. The maximum absolute atomic E-state index is 12.9. The van der Waals surface area contributed by atoms with Crippen molar-refractivity contribution in [3.05, 3.63) is 88.5 Å². The van der Waals surface area contributed by atoms with Gasteiger partial charge in [-0.15, -0.1) is 0 Å². The van der Waals surface area contributed by atoms with Gasteiger partial charge in [0.25, 0.3) is 0 Å². The van der Waals surface area contributed by atoms with Crippen LogP contribution in [0.3, 0.4) is 0 Å². The number of methoxy groups -OCH3 is 1. The third-order valence-electron chi connectivity index (χ3n) is 5.95. The highest BCUT2D eigenvalue weighted by Gasteiger charge is 2.22. The van der Waals surface area contributed by atoms with E-state index < -0.39 is 17.2 Å². The number of hydrogen-bond donors (Lipinski definition) is 1. The van der Waals surface area contributed by atoms with E-state index in [1.165, 1.54) is 6.21 Å². The highest BCUT2D eigenvalue weighted by atomic mass is 16.5. The Bertz CT molecular complexity index is 1380. The fourth-order valence-electron chi connectivity index (χ4n) is 4.04. The number of carbonyl (C=O) groups is 1. The van der Waals surface area contributed by atoms with Crippen LogP contribution in [-0.2, 0) is 22.3 Å². The molecule has 3 aromatic rings. The van der Waals surface area contributed by atoms with Crippen LogP contribution < -0.4 is 14.2 Å². The topological polar surface area (TPSA) is 108 Å². The maximum atomic E-state index is 12.9. The van der Waals surface area contributed by atoms with Gasteiger partial charge in [0.2, 0.25) is 0 Å². The summed E-state index contributed by atoms with van der Waals surface area (Å²) in [4.78, 5) is 23.1. The summed E-state index contributed by atoms with van der Waals surface area (Å²) in [6.07, 6.45) is 2.28. The first kappa shape index (κ1) is 32.2. The van der Waals surface area contributed by atoms with E-state index in [4.69, 9.17) is 29.1 Å². The molecule has 0 atom stereocenters. The molecule has 0 unspecified atom stereocenters. The van der Waals surface area contributed by atoms with E-state index in [1.54, 1.807) is 49.6 Å². The smallest absolute Gasteiger partial charge is 0.497 e. The van der Waals surface area contributed by atoms with E-state index in [2.05, 4.69) is 0 Å². The first-order valence-corrected chi connectivity index (χ1v) is 13.9. The van der Waals surface area contributed by atoms with Crippen LogP contribution in [0.1, 0.15) is 74.2 Å². The zero-order valence-corrected chi connectivity index (χ0v) is 25.6. The lowest BCUT2D eigenvalue weighted by Crippen LogP contribution is -2.26. The number of rotatable bonds is 12. The number of benzene rings is 3. The minimum Gasteiger partial charge on any atom is -0.497 e. The monoisotopic (exact) mass is 576 g/mol. The van der Waals surface area contributed by atoms with Crippen molar-refractivity contribution in [1.82, 2.24) is 0 Å². The van der Waals surface area contributed by atoms with E-state index in [0.717, 1.165) is 16.7 Å². The standard InChI is InChI=1S/C34H41NO7/c1-33(2,3)41-29-15-12-26(21-30(29)42-34(4,5)6)32(37)40-19-17-24-9-8-23(20-27(24)22-35)16-18-39-31(36)25-10-13-28(38-7)14-11-25/h8-15,20-22,35H,16-19H2,1-7H3/p+1. The van der Waals surface area contributed by atoms with Crippen LogP contribution in [0.15, 0.2) is 60.7 Å². The molecule has 8 nitrogen and oxygen atoms in total. The molecule has 0 aromatic heterocycles. The Kier molecular flexibility index (Phi) is 10.8. The van der Waals surface area contributed by atoms with Crippen molar-refractivity contribution in [2.45, 2.75) is 65.6 Å². The van der Waals surface area contributed by atoms with Crippen molar-refractivity contribution in [3.8, 4) is 17.2 Å². The largest absolute Gasteiger partial charge is 0.517 e. The summed E-state index contributed by atoms with van der Waals surface area (Å²) in [6.45, 7) is 12.1. The summed E-state index contributed by atoms with van der Waals surface area (Å²) in [5, 5.41) is 7.86. The molecule has 0 amide bonds. The highest BCUT2D eigenvalue weighted by molar-refractivity contribution is 5.90. The second-order valence-corrected chi connectivity index (χ2v) is 11.8. The summed E-state index contributed by atoms with van der Waals surface area (Å²) in [5.41, 5.74) is 2.61. The van der Waals surface area contributed by atoms with Gasteiger partial charge in [0.1, 0.15) is 22.5 Å². The molecule has 0 fully saturated rings. The normalized spacial score (nSPS) is 11.4. The van der Waals surface area contributed by atoms with Gasteiger partial charge in [-0.1, -0.05) is 12.1 Å². The Labute approximate surface area is 248 Å². The Hall–Kier alpha value is -4.33. The second kappa shape index (κ2) is 14.0. The van der Waals surface area contributed by atoms with E-state index in [0.29, 0.717) is 41.2 Å². The van der Waals surface area contributed by atoms with E-state index >= 15 is 0 Å². The molecule has 0 bridgehead atoms. The van der Waals surface area contributed by atoms with Crippen molar-refractivity contribution in [3.63, 3.8) is 0 Å². The van der Waals surface area contributed by atoms with E-state index in [-0.39, 0.29) is 19.2 Å². The SMILES string of the molecule is COc1ccc(C(=[OH+])OCCc2ccc(CCOC(=O)c3ccc(OC(C)(C)C)c(OC(C)(C)C)c3)c(C=N)c2)cc1. The van der Waals surface area contributed by atoms with Gasteiger partial charge < -0.3 is 33.9 Å². The van der Waals surface area contributed by atoms with Crippen LogP contribution >= 0.6 is 0 Å².